The van der Waals surface area contributed by atoms with Crippen LogP contribution < -0.4 is 5.46 Å². The average Bonchev–Trinajstić information content (AvgIpc) is 2.59. The van der Waals surface area contributed by atoms with Gasteiger partial charge in [-0.3, -0.25) is 0 Å². The first kappa shape index (κ1) is 8.00. The lowest BCUT2D eigenvalue weighted by atomic mass is 9.95. The predicted octanol–water partition coefficient (Wildman–Crippen LogP) is 2.24. The molecule has 2 radical (unpaired) electrons. The van der Waals surface area contributed by atoms with Crippen LogP contribution in [0.1, 0.15) is 0 Å². The van der Waals surface area contributed by atoms with Gasteiger partial charge >= 0.3 is 0 Å². The summed E-state index contributed by atoms with van der Waals surface area (Å²) in [4.78, 5) is 5.38. The molecule has 0 N–H and O–H groups in total. The number of thiophene rings is 1. The molecule has 0 fully saturated rings. The van der Waals surface area contributed by atoms with Crippen molar-refractivity contribution in [3.05, 3.63) is 36.5 Å². The molecule has 0 saturated heterocycles. The third-order valence-electron chi connectivity index (χ3n) is 2.31. The molecule has 2 heterocycles. The fourth-order valence-electron chi connectivity index (χ4n) is 1.65. The van der Waals surface area contributed by atoms with Crippen LogP contribution in [0.25, 0.3) is 20.3 Å². The fraction of sp³-hybridized carbons (Fsp3) is 0. The first-order valence-electron chi connectivity index (χ1n) is 4.38. The molecule has 0 atom stereocenters. The highest BCUT2D eigenvalue weighted by Crippen LogP contribution is 2.30. The fourth-order valence-corrected chi connectivity index (χ4v) is 2.72. The number of rotatable bonds is 0. The summed E-state index contributed by atoms with van der Waals surface area (Å²) in [6.07, 6.45) is 1.81. The molecule has 0 aliphatic carbocycles. The van der Waals surface area contributed by atoms with Gasteiger partial charge in [0, 0.05) is 21.7 Å². The number of aromatic nitrogens is 1. The first-order valence-corrected chi connectivity index (χ1v) is 5.19. The van der Waals surface area contributed by atoms with Crippen LogP contribution in [0, 0.1) is 0 Å². The lowest BCUT2D eigenvalue weighted by Gasteiger charge is -1.93. The Balaban J connectivity index is 2.63. The Bertz CT molecular complexity index is 615. The molecule has 0 aliphatic rings. The lowest BCUT2D eigenvalue weighted by molar-refractivity contribution is 1.45. The minimum atomic E-state index is 0.838. The van der Waals surface area contributed by atoms with Gasteiger partial charge < -0.3 is 0 Å². The van der Waals surface area contributed by atoms with Crippen molar-refractivity contribution < 1.29 is 0 Å². The van der Waals surface area contributed by atoms with E-state index in [0.29, 0.717) is 0 Å². The number of hydrogen-bond donors (Lipinski definition) is 0. The van der Waals surface area contributed by atoms with Crippen molar-refractivity contribution in [1.82, 2.24) is 4.98 Å². The van der Waals surface area contributed by atoms with Gasteiger partial charge in [0.15, 0.2) is 0 Å². The van der Waals surface area contributed by atoms with Crippen molar-refractivity contribution in [2.45, 2.75) is 0 Å². The Kier molecular flexibility index (Phi) is 1.61. The summed E-state index contributed by atoms with van der Waals surface area (Å²) in [5.41, 5.74) is 0.838. The van der Waals surface area contributed by atoms with E-state index in [9.17, 15) is 0 Å². The maximum Gasteiger partial charge on any atom is 0.124 e. The van der Waals surface area contributed by atoms with E-state index < -0.39 is 0 Å². The van der Waals surface area contributed by atoms with E-state index in [1.54, 1.807) is 11.3 Å². The quantitative estimate of drug-likeness (QED) is 0.501. The Labute approximate surface area is 86.8 Å². The highest BCUT2D eigenvalue weighted by atomic mass is 32.1. The van der Waals surface area contributed by atoms with Crippen LogP contribution in [0.3, 0.4) is 0 Å². The van der Waals surface area contributed by atoms with E-state index in [-0.39, 0.29) is 0 Å². The topological polar surface area (TPSA) is 12.9 Å². The molecule has 3 aromatic rings. The first-order chi connectivity index (χ1) is 6.86. The summed E-state index contributed by atoms with van der Waals surface area (Å²) < 4.78 is 1.14. The standard InChI is InChI=1S/C11H6BNS/c12-9-5-1-3-7-8-4-2-6-13-11(8)14-10(7)9/h1-6H. The summed E-state index contributed by atoms with van der Waals surface area (Å²) in [7, 11) is 5.90. The maximum atomic E-state index is 5.90. The van der Waals surface area contributed by atoms with Gasteiger partial charge in [0.05, 0.1) is 0 Å². The molecule has 0 bridgehead atoms. The molecular weight excluding hydrogens is 189 g/mol. The molecule has 14 heavy (non-hydrogen) atoms. The minimum Gasteiger partial charge on any atom is -0.245 e. The van der Waals surface area contributed by atoms with Gasteiger partial charge in [0.25, 0.3) is 0 Å². The second kappa shape index (κ2) is 2.82. The van der Waals surface area contributed by atoms with Crippen LogP contribution in [-0.4, -0.2) is 12.8 Å². The van der Waals surface area contributed by atoms with Crippen molar-refractivity contribution in [2.75, 3.05) is 0 Å². The van der Waals surface area contributed by atoms with Crippen molar-refractivity contribution in [1.29, 1.82) is 0 Å². The Morgan fingerprint density at radius 1 is 1.07 bits per heavy atom. The molecule has 1 aromatic carbocycles. The van der Waals surface area contributed by atoms with Crippen LogP contribution in [-0.2, 0) is 0 Å². The number of pyridine rings is 1. The summed E-state index contributed by atoms with van der Waals surface area (Å²) in [5.74, 6) is 0. The van der Waals surface area contributed by atoms with E-state index in [0.717, 1.165) is 15.0 Å². The van der Waals surface area contributed by atoms with E-state index in [2.05, 4.69) is 17.1 Å². The molecule has 3 rings (SSSR count). The minimum absolute atomic E-state index is 0.838. The van der Waals surface area contributed by atoms with Gasteiger partial charge in [-0.05, 0) is 12.1 Å². The van der Waals surface area contributed by atoms with Gasteiger partial charge in [-0.2, -0.15) is 0 Å². The Morgan fingerprint density at radius 3 is 2.86 bits per heavy atom. The molecule has 64 valence electrons. The number of fused-ring (bicyclic) bond motifs is 3. The highest BCUT2D eigenvalue weighted by molar-refractivity contribution is 7.26. The number of hydrogen-bond acceptors (Lipinski definition) is 2. The van der Waals surface area contributed by atoms with Crippen molar-refractivity contribution in [3.63, 3.8) is 0 Å². The molecule has 3 heteroatoms. The zero-order valence-electron chi connectivity index (χ0n) is 7.40. The highest BCUT2D eigenvalue weighted by Gasteiger charge is 2.05. The Hall–Kier alpha value is -1.35. The smallest absolute Gasteiger partial charge is 0.124 e. The summed E-state index contributed by atoms with van der Waals surface area (Å²) in [6.45, 7) is 0. The summed E-state index contributed by atoms with van der Waals surface area (Å²) in [5, 5.41) is 2.40. The van der Waals surface area contributed by atoms with Crippen LogP contribution in [0.2, 0.25) is 0 Å². The lowest BCUT2D eigenvalue weighted by Crippen LogP contribution is -1.99. The third-order valence-corrected chi connectivity index (χ3v) is 3.48. The number of nitrogens with zero attached hydrogens (tertiary/aromatic N) is 1. The molecule has 0 aliphatic heterocycles. The van der Waals surface area contributed by atoms with Crippen molar-refractivity contribution in [2.24, 2.45) is 0 Å². The third kappa shape index (κ3) is 0.991. The zero-order chi connectivity index (χ0) is 9.54. The van der Waals surface area contributed by atoms with Gasteiger partial charge in [-0.1, -0.05) is 23.7 Å². The maximum absolute atomic E-state index is 5.90. The molecule has 0 unspecified atom stereocenters. The second-order valence-corrected chi connectivity index (χ2v) is 4.18. The predicted molar refractivity (Wildman–Crippen MR) is 62.5 cm³/mol. The molecule has 2 aromatic heterocycles. The van der Waals surface area contributed by atoms with E-state index in [1.165, 1.54) is 10.8 Å². The van der Waals surface area contributed by atoms with Gasteiger partial charge in [-0.25, -0.2) is 4.98 Å². The van der Waals surface area contributed by atoms with Crippen LogP contribution in [0.4, 0.5) is 0 Å². The molecule has 1 nitrogen and oxygen atoms in total. The molecular formula is C11H6BNS. The zero-order valence-corrected chi connectivity index (χ0v) is 8.21. The van der Waals surface area contributed by atoms with E-state index in [1.807, 2.05) is 24.4 Å². The summed E-state index contributed by atoms with van der Waals surface area (Å²) >= 11 is 1.65. The normalized spacial score (nSPS) is 11.1. The largest absolute Gasteiger partial charge is 0.245 e. The van der Waals surface area contributed by atoms with Crippen LogP contribution in [0.15, 0.2) is 36.5 Å². The van der Waals surface area contributed by atoms with E-state index >= 15 is 0 Å². The van der Waals surface area contributed by atoms with Gasteiger partial charge in [0.2, 0.25) is 0 Å². The monoisotopic (exact) mass is 195 g/mol. The Morgan fingerprint density at radius 2 is 1.93 bits per heavy atom. The summed E-state index contributed by atoms with van der Waals surface area (Å²) in [6, 6.07) is 10.0. The molecule has 0 saturated carbocycles. The van der Waals surface area contributed by atoms with E-state index in [4.69, 9.17) is 7.85 Å². The molecule has 0 amide bonds. The van der Waals surface area contributed by atoms with Crippen molar-refractivity contribution >= 4 is 44.9 Å². The molecule has 0 spiro atoms. The van der Waals surface area contributed by atoms with Crippen molar-refractivity contribution in [3.8, 4) is 0 Å². The van der Waals surface area contributed by atoms with Gasteiger partial charge in [-0.15, -0.1) is 11.3 Å². The number of benzene rings is 1. The SMILES string of the molecule is [B]c1cccc2c1sc1ncccc12. The second-order valence-electron chi connectivity index (χ2n) is 3.18. The van der Waals surface area contributed by atoms with Crippen LogP contribution >= 0.6 is 11.3 Å². The van der Waals surface area contributed by atoms with Crippen LogP contribution in [0.5, 0.6) is 0 Å². The average molecular weight is 195 g/mol. The van der Waals surface area contributed by atoms with Gasteiger partial charge in [0.1, 0.15) is 12.7 Å².